The average Bonchev–Trinajstić information content (AvgIpc) is 2.96. The number of cyclic esters (lactones) is 1. The summed E-state index contributed by atoms with van der Waals surface area (Å²) in [5.41, 5.74) is 2.90. The van der Waals surface area contributed by atoms with Gasteiger partial charge in [0.1, 0.15) is 5.75 Å². The fourth-order valence-corrected chi connectivity index (χ4v) is 2.37. The van der Waals surface area contributed by atoms with Crippen LogP contribution < -0.4 is 9.64 Å². The Kier molecular flexibility index (Phi) is 4.33. The number of ether oxygens (including phenoxy) is 2. The first kappa shape index (κ1) is 15.8. The molecular formula is C19H18N2O3. The van der Waals surface area contributed by atoms with Gasteiger partial charge >= 0.3 is 5.97 Å². The van der Waals surface area contributed by atoms with Gasteiger partial charge in [0.2, 0.25) is 5.90 Å². The lowest BCUT2D eigenvalue weighted by Gasteiger charge is -2.11. The van der Waals surface area contributed by atoms with E-state index in [0.717, 1.165) is 11.3 Å². The summed E-state index contributed by atoms with van der Waals surface area (Å²) in [6, 6.07) is 15.1. The Balaban J connectivity index is 1.91. The van der Waals surface area contributed by atoms with E-state index in [9.17, 15) is 4.79 Å². The molecule has 0 N–H and O–H groups in total. The Morgan fingerprint density at radius 1 is 1.08 bits per heavy atom. The van der Waals surface area contributed by atoms with Crippen LogP contribution in [0.15, 0.2) is 59.2 Å². The number of carbonyl (C=O) groups excluding carboxylic acids is 1. The van der Waals surface area contributed by atoms with Gasteiger partial charge < -0.3 is 14.4 Å². The standard InChI is InChI=1S/C19H18N2O3/c1-21(2)14-10-8-13(9-11-14)12-16-19(22)24-18(20-16)15-6-4-5-7-17(15)23-3/h4-12H,1-3H3. The van der Waals surface area contributed by atoms with Crippen LogP contribution >= 0.6 is 0 Å². The zero-order valence-electron chi connectivity index (χ0n) is 13.8. The van der Waals surface area contributed by atoms with Gasteiger partial charge in [-0.05, 0) is 35.9 Å². The highest BCUT2D eigenvalue weighted by Crippen LogP contribution is 2.25. The summed E-state index contributed by atoms with van der Waals surface area (Å²) in [4.78, 5) is 18.4. The first-order chi connectivity index (χ1) is 11.6. The SMILES string of the molecule is COc1ccccc1C1=NC(=Cc2ccc(N(C)C)cc2)C(=O)O1. The molecule has 0 saturated heterocycles. The third kappa shape index (κ3) is 3.15. The highest BCUT2D eigenvalue weighted by Gasteiger charge is 2.26. The molecule has 3 rings (SSSR count). The van der Waals surface area contributed by atoms with Crippen molar-refractivity contribution >= 4 is 23.6 Å². The topological polar surface area (TPSA) is 51.1 Å². The van der Waals surface area contributed by atoms with Crippen molar-refractivity contribution in [3.8, 4) is 5.75 Å². The van der Waals surface area contributed by atoms with Crippen molar-refractivity contribution in [3.63, 3.8) is 0 Å². The molecule has 5 heteroatoms. The third-order valence-electron chi connectivity index (χ3n) is 3.67. The maximum atomic E-state index is 12.1. The minimum absolute atomic E-state index is 0.258. The summed E-state index contributed by atoms with van der Waals surface area (Å²) in [6.07, 6.45) is 1.71. The molecule has 1 heterocycles. The van der Waals surface area contributed by atoms with Crippen LogP contribution in [0.3, 0.4) is 0 Å². The highest BCUT2D eigenvalue weighted by atomic mass is 16.6. The molecule has 0 aliphatic carbocycles. The summed E-state index contributed by atoms with van der Waals surface area (Å²) >= 11 is 0. The number of esters is 1. The normalized spacial score (nSPS) is 15.2. The lowest BCUT2D eigenvalue weighted by Crippen LogP contribution is -2.08. The zero-order chi connectivity index (χ0) is 17.1. The lowest BCUT2D eigenvalue weighted by molar-refractivity contribution is -0.129. The van der Waals surface area contributed by atoms with E-state index in [-0.39, 0.29) is 11.6 Å². The second kappa shape index (κ2) is 6.58. The highest BCUT2D eigenvalue weighted by molar-refractivity contribution is 6.13. The first-order valence-electron chi connectivity index (χ1n) is 7.52. The van der Waals surface area contributed by atoms with E-state index in [1.54, 1.807) is 25.3 Å². The van der Waals surface area contributed by atoms with Crippen LogP contribution in [0.2, 0.25) is 0 Å². The zero-order valence-corrected chi connectivity index (χ0v) is 13.8. The van der Waals surface area contributed by atoms with Gasteiger partial charge in [-0.15, -0.1) is 0 Å². The number of carbonyl (C=O) groups is 1. The van der Waals surface area contributed by atoms with Gasteiger partial charge in [0, 0.05) is 19.8 Å². The molecule has 0 spiro atoms. The molecule has 0 radical (unpaired) electrons. The van der Waals surface area contributed by atoms with Crippen LogP contribution in [-0.2, 0) is 9.53 Å². The quantitative estimate of drug-likeness (QED) is 0.641. The van der Waals surface area contributed by atoms with E-state index < -0.39 is 5.97 Å². The molecule has 0 amide bonds. The molecule has 0 aromatic heterocycles. The minimum atomic E-state index is -0.465. The maximum Gasteiger partial charge on any atom is 0.363 e. The van der Waals surface area contributed by atoms with Gasteiger partial charge in [-0.25, -0.2) is 9.79 Å². The Morgan fingerprint density at radius 2 is 1.79 bits per heavy atom. The van der Waals surface area contributed by atoms with E-state index in [2.05, 4.69) is 4.99 Å². The number of benzene rings is 2. The van der Waals surface area contributed by atoms with E-state index in [0.29, 0.717) is 11.3 Å². The molecule has 122 valence electrons. The predicted octanol–water partition coefficient (Wildman–Crippen LogP) is 3.11. The molecule has 0 saturated carbocycles. The van der Waals surface area contributed by atoms with Gasteiger partial charge in [-0.3, -0.25) is 0 Å². The van der Waals surface area contributed by atoms with Gasteiger partial charge in [-0.1, -0.05) is 24.3 Å². The molecule has 5 nitrogen and oxygen atoms in total. The molecule has 0 bridgehead atoms. The van der Waals surface area contributed by atoms with Crippen molar-refractivity contribution in [2.24, 2.45) is 4.99 Å². The summed E-state index contributed by atoms with van der Waals surface area (Å²) in [7, 11) is 5.52. The van der Waals surface area contributed by atoms with Crippen LogP contribution in [0.5, 0.6) is 5.75 Å². The number of hydrogen-bond acceptors (Lipinski definition) is 5. The van der Waals surface area contributed by atoms with Crippen molar-refractivity contribution in [1.29, 1.82) is 0 Å². The molecule has 2 aromatic carbocycles. The lowest BCUT2D eigenvalue weighted by atomic mass is 10.1. The molecule has 2 aromatic rings. The van der Waals surface area contributed by atoms with E-state index >= 15 is 0 Å². The van der Waals surface area contributed by atoms with Gasteiger partial charge in [0.15, 0.2) is 5.70 Å². The van der Waals surface area contributed by atoms with Gasteiger partial charge in [-0.2, -0.15) is 0 Å². The third-order valence-corrected chi connectivity index (χ3v) is 3.67. The Morgan fingerprint density at radius 3 is 2.46 bits per heavy atom. The van der Waals surface area contributed by atoms with E-state index in [1.165, 1.54) is 0 Å². The second-order valence-corrected chi connectivity index (χ2v) is 5.52. The van der Waals surface area contributed by atoms with Gasteiger partial charge in [0.25, 0.3) is 0 Å². The van der Waals surface area contributed by atoms with Crippen LogP contribution in [-0.4, -0.2) is 33.1 Å². The molecule has 0 fully saturated rings. The molecule has 0 unspecified atom stereocenters. The predicted molar refractivity (Wildman–Crippen MR) is 94.4 cm³/mol. The molecule has 24 heavy (non-hydrogen) atoms. The number of nitrogens with zero attached hydrogens (tertiary/aromatic N) is 2. The summed E-state index contributed by atoms with van der Waals surface area (Å²) in [6.45, 7) is 0. The molecule has 1 aliphatic heterocycles. The second-order valence-electron chi connectivity index (χ2n) is 5.52. The fourth-order valence-electron chi connectivity index (χ4n) is 2.37. The summed E-state index contributed by atoms with van der Waals surface area (Å²) < 4.78 is 10.6. The number of rotatable bonds is 4. The largest absolute Gasteiger partial charge is 0.496 e. The van der Waals surface area contributed by atoms with Crippen molar-refractivity contribution in [1.82, 2.24) is 0 Å². The summed E-state index contributed by atoms with van der Waals surface area (Å²) in [5, 5.41) is 0. The van der Waals surface area contributed by atoms with E-state index in [4.69, 9.17) is 9.47 Å². The van der Waals surface area contributed by atoms with Crippen molar-refractivity contribution in [2.45, 2.75) is 0 Å². The smallest absolute Gasteiger partial charge is 0.363 e. The number of aliphatic imine (C=N–C) groups is 1. The van der Waals surface area contributed by atoms with Crippen LogP contribution in [0.25, 0.3) is 6.08 Å². The van der Waals surface area contributed by atoms with Crippen molar-refractivity contribution in [2.75, 3.05) is 26.1 Å². The molecule has 1 aliphatic rings. The van der Waals surface area contributed by atoms with Crippen LogP contribution in [0, 0.1) is 0 Å². The van der Waals surface area contributed by atoms with Crippen molar-refractivity contribution < 1.29 is 14.3 Å². The molecule has 0 atom stereocenters. The van der Waals surface area contributed by atoms with Gasteiger partial charge in [0.05, 0.1) is 12.7 Å². The maximum absolute atomic E-state index is 12.1. The number of methoxy groups -OCH3 is 1. The number of hydrogen-bond donors (Lipinski definition) is 0. The summed E-state index contributed by atoms with van der Waals surface area (Å²) in [5.74, 6) is 0.404. The monoisotopic (exact) mass is 322 g/mol. The van der Waals surface area contributed by atoms with Crippen LogP contribution in [0.4, 0.5) is 5.69 Å². The minimum Gasteiger partial charge on any atom is -0.496 e. The Labute approximate surface area is 140 Å². The van der Waals surface area contributed by atoms with Crippen LogP contribution in [0.1, 0.15) is 11.1 Å². The molecular weight excluding hydrogens is 304 g/mol. The first-order valence-corrected chi connectivity index (χ1v) is 7.52. The van der Waals surface area contributed by atoms with E-state index in [1.807, 2.05) is 55.4 Å². The number of anilines is 1. The Bertz CT molecular complexity index is 821. The average molecular weight is 322 g/mol. The fraction of sp³-hybridized carbons (Fsp3) is 0.158. The number of para-hydroxylation sites is 1. The van der Waals surface area contributed by atoms with Crippen molar-refractivity contribution in [3.05, 3.63) is 65.4 Å². The Hall–Kier alpha value is -3.08.